The summed E-state index contributed by atoms with van der Waals surface area (Å²) in [5.74, 6) is 1.92. The maximum absolute atomic E-state index is 11.1. The third kappa shape index (κ3) is 4.35. The van der Waals surface area contributed by atoms with Gasteiger partial charge >= 0.3 is 6.09 Å². The lowest BCUT2D eigenvalue weighted by atomic mass is 9.91. The van der Waals surface area contributed by atoms with Gasteiger partial charge in [0.05, 0.1) is 17.8 Å². The molecular weight excluding hydrogens is 356 g/mol. The van der Waals surface area contributed by atoms with Crippen LogP contribution in [0.3, 0.4) is 0 Å². The minimum Gasteiger partial charge on any atom is -0.494 e. The Labute approximate surface area is 165 Å². The molecule has 2 fully saturated rings. The number of nitrogens with one attached hydrogen (secondary N) is 1. The van der Waals surface area contributed by atoms with Gasteiger partial charge in [-0.25, -0.2) is 14.8 Å². The highest BCUT2D eigenvalue weighted by Gasteiger charge is 2.25. The van der Waals surface area contributed by atoms with E-state index < -0.39 is 6.09 Å². The van der Waals surface area contributed by atoms with E-state index in [0.29, 0.717) is 13.1 Å². The number of rotatable bonds is 6. The number of hydrogen-bond acceptors (Lipinski definition) is 5. The van der Waals surface area contributed by atoms with Gasteiger partial charge in [-0.2, -0.15) is 0 Å². The molecule has 2 N–H and O–H groups in total. The van der Waals surface area contributed by atoms with Crippen molar-refractivity contribution in [1.82, 2.24) is 20.2 Å². The van der Waals surface area contributed by atoms with Gasteiger partial charge in [-0.1, -0.05) is 0 Å². The Balaban J connectivity index is 1.38. The highest BCUT2D eigenvalue weighted by Crippen LogP contribution is 2.32. The minimum atomic E-state index is -0.836. The zero-order valence-corrected chi connectivity index (χ0v) is 16.1. The number of aromatic nitrogens is 2. The maximum atomic E-state index is 11.1. The Morgan fingerprint density at radius 2 is 2.11 bits per heavy atom. The van der Waals surface area contributed by atoms with Gasteiger partial charge in [0.25, 0.3) is 0 Å². The molecule has 4 rings (SSSR count). The number of piperidine rings is 1. The fraction of sp³-hybridized carbons (Fsp3) is 0.571. The molecule has 2 saturated heterocycles. The van der Waals surface area contributed by atoms with Crippen LogP contribution in [0.15, 0.2) is 24.5 Å². The third-order valence-electron chi connectivity index (χ3n) is 5.98. The van der Waals surface area contributed by atoms with Crippen LogP contribution in [0.1, 0.15) is 43.7 Å². The zero-order chi connectivity index (χ0) is 19.3. The summed E-state index contributed by atoms with van der Waals surface area (Å²) in [5.41, 5.74) is 1.92. The van der Waals surface area contributed by atoms with Crippen LogP contribution in [0.25, 0.3) is 10.9 Å². The molecule has 0 spiro atoms. The molecule has 1 amide bonds. The van der Waals surface area contributed by atoms with Gasteiger partial charge in [0.15, 0.2) is 0 Å². The highest BCUT2D eigenvalue weighted by molar-refractivity contribution is 5.82. The summed E-state index contributed by atoms with van der Waals surface area (Å²) in [6.07, 6.45) is 5.93. The quantitative estimate of drug-likeness (QED) is 0.744. The monoisotopic (exact) mass is 384 g/mol. The van der Waals surface area contributed by atoms with E-state index in [1.54, 1.807) is 6.33 Å². The number of carbonyl (C=O) groups is 1. The Morgan fingerprint density at radius 3 is 2.86 bits per heavy atom. The number of amides is 1. The molecule has 28 heavy (non-hydrogen) atoms. The summed E-state index contributed by atoms with van der Waals surface area (Å²) in [6, 6.07) is 6.03. The van der Waals surface area contributed by atoms with Crippen LogP contribution in [0.2, 0.25) is 0 Å². The van der Waals surface area contributed by atoms with E-state index in [1.165, 1.54) is 17.7 Å². The number of likely N-dealkylation sites (tertiary alicyclic amines) is 1. The van der Waals surface area contributed by atoms with Crippen molar-refractivity contribution in [3.63, 3.8) is 0 Å². The van der Waals surface area contributed by atoms with Gasteiger partial charge < -0.3 is 20.1 Å². The second-order valence-electron chi connectivity index (χ2n) is 7.83. The Bertz CT molecular complexity index is 814. The van der Waals surface area contributed by atoms with Gasteiger partial charge in [0, 0.05) is 30.5 Å². The first kappa shape index (κ1) is 18.9. The second kappa shape index (κ2) is 8.73. The standard InChI is InChI=1S/C21H28N4O3/c26-21(27)25-9-6-16(7-10-25)20-18-4-3-17(12-19(18)23-14-24-20)28-11-1-2-15-5-8-22-13-15/h3-4,12,14-16,22H,1-2,5-11,13H2,(H,26,27). The molecule has 1 aromatic carbocycles. The summed E-state index contributed by atoms with van der Waals surface area (Å²) in [6.45, 7) is 4.13. The summed E-state index contributed by atoms with van der Waals surface area (Å²) < 4.78 is 5.95. The number of hydrogen-bond donors (Lipinski definition) is 2. The van der Waals surface area contributed by atoms with E-state index in [0.717, 1.165) is 67.2 Å². The molecule has 1 aromatic heterocycles. The summed E-state index contributed by atoms with van der Waals surface area (Å²) in [5, 5.41) is 13.6. The van der Waals surface area contributed by atoms with E-state index in [-0.39, 0.29) is 5.92 Å². The van der Waals surface area contributed by atoms with Crippen molar-refractivity contribution in [2.75, 3.05) is 32.8 Å². The van der Waals surface area contributed by atoms with Gasteiger partial charge in [-0.05, 0) is 63.2 Å². The summed E-state index contributed by atoms with van der Waals surface area (Å²) >= 11 is 0. The predicted molar refractivity (Wildman–Crippen MR) is 107 cm³/mol. The van der Waals surface area contributed by atoms with Crippen LogP contribution in [0, 0.1) is 5.92 Å². The Kier molecular flexibility index (Phi) is 5.90. The molecule has 0 radical (unpaired) electrons. The van der Waals surface area contributed by atoms with Gasteiger partial charge in [0.2, 0.25) is 0 Å². The molecule has 2 aliphatic heterocycles. The van der Waals surface area contributed by atoms with Gasteiger partial charge in [0.1, 0.15) is 12.1 Å². The number of benzene rings is 1. The van der Waals surface area contributed by atoms with E-state index in [1.807, 2.05) is 18.2 Å². The Hall–Kier alpha value is -2.41. The molecule has 2 aromatic rings. The maximum Gasteiger partial charge on any atom is 0.407 e. The van der Waals surface area contributed by atoms with Crippen molar-refractivity contribution in [1.29, 1.82) is 0 Å². The fourth-order valence-corrected chi connectivity index (χ4v) is 4.34. The zero-order valence-electron chi connectivity index (χ0n) is 16.1. The highest BCUT2D eigenvalue weighted by atomic mass is 16.5. The van der Waals surface area contributed by atoms with E-state index in [9.17, 15) is 4.79 Å². The molecule has 0 aliphatic carbocycles. The van der Waals surface area contributed by atoms with E-state index in [2.05, 4.69) is 15.3 Å². The number of ether oxygens (including phenoxy) is 1. The lowest BCUT2D eigenvalue weighted by Gasteiger charge is -2.30. The molecule has 1 unspecified atom stereocenters. The average molecular weight is 384 g/mol. The Morgan fingerprint density at radius 1 is 1.25 bits per heavy atom. The number of carboxylic acid groups (broad SMARTS) is 1. The first-order valence-corrected chi connectivity index (χ1v) is 10.3. The van der Waals surface area contributed by atoms with Crippen LogP contribution < -0.4 is 10.1 Å². The third-order valence-corrected chi connectivity index (χ3v) is 5.98. The minimum absolute atomic E-state index is 0.271. The van der Waals surface area contributed by atoms with Crippen LogP contribution in [0.4, 0.5) is 4.79 Å². The molecular formula is C21H28N4O3. The normalized spacial score (nSPS) is 20.6. The first-order valence-electron chi connectivity index (χ1n) is 10.3. The van der Waals surface area contributed by atoms with Crippen molar-refractivity contribution in [3.05, 3.63) is 30.2 Å². The second-order valence-corrected chi connectivity index (χ2v) is 7.83. The van der Waals surface area contributed by atoms with Crippen molar-refractivity contribution in [3.8, 4) is 5.75 Å². The van der Waals surface area contributed by atoms with Crippen LogP contribution in [-0.2, 0) is 0 Å². The smallest absolute Gasteiger partial charge is 0.407 e. The topological polar surface area (TPSA) is 87.6 Å². The predicted octanol–water partition coefficient (Wildman–Crippen LogP) is 3.26. The first-order chi connectivity index (χ1) is 13.7. The van der Waals surface area contributed by atoms with Gasteiger partial charge in [-0.15, -0.1) is 0 Å². The molecule has 7 heteroatoms. The molecule has 1 atom stereocenters. The molecule has 0 saturated carbocycles. The molecule has 7 nitrogen and oxygen atoms in total. The fourth-order valence-electron chi connectivity index (χ4n) is 4.34. The lowest BCUT2D eigenvalue weighted by Crippen LogP contribution is -2.37. The van der Waals surface area contributed by atoms with Crippen LogP contribution >= 0.6 is 0 Å². The molecule has 3 heterocycles. The SMILES string of the molecule is O=C(O)N1CCC(c2ncnc3cc(OCCCC4CCNC4)ccc23)CC1. The largest absolute Gasteiger partial charge is 0.494 e. The summed E-state index contributed by atoms with van der Waals surface area (Å²) in [7, 11) is 0. The van der Waals surface area contributed by atoms with Crippen molar-refractivity contribution in [2.24, 2.45) is 5.92 Å². The summed E-state index contributed by atoms with van der Waals surface area (Å²) in [4.78, 5) is 21.5. The molecule has 2 aliphatic rings. The van der Waals surface area contributed by atoms with E-state index >= 15 is 0 Å². The van der Waals surface area contributed by atoms with Crippen molar-refractivity contribution in [2.45, 2.75) is 38.0 Å². The number of fused-ring (bicyclic) bond motifs is 1. The van der Waals surface area contributed by atoms with Crippen LogP contribution in [-0.4, -0.2) is 58.9 Å². The van der Waals surface area contributed by atoms with E-state index in [4.69, 9.17) is 9.84 Å². The van der Waals surface area contributed by atoms with Crippen LogP contribution in [0.5, 0.6) is 5.75 Å². The van der Waals surface area contributed by atoms with Gasteiger partial charge in [-0.3, -0.25) is 0 Å². The molecule has 0 bridgehead atoms. The number of nitrogens with zero attached hydrogens (tertiary/aromatic N) is 3. The lowest BCUT2D eigenvalue weighted by molar-refractivity contribution is 0.132. The van der Waals surface area contributed by atoms with Crippen molar-refractivity contribution < 1.29 is 14.6 Å². The van der Waals surface area contributed by atoms with Crippen molar-refractivity contribution >= 4 is 17.0 Å². The average Bonchev–Trinajstić information content (AvgIpc) is 3.24. The molecule has 150 valence electrons.